The first-order valence-electron chi connectivity index (χ1n) is 6.34. The van der Waals surface area contributed by atoms with Crippen LogP contribution >= 0.6 is 0 Å². The molecule has 0 fully saturated rings. The Balaban J connectivity index is 1.95. The molecule has 0 saturated heterocycles. The summed E-state index contributed by atoms with van der Waals surface area (Å²) in [5.74, 6) is -0.820. The van der Waals surface area contributed by atoms with Crippen molar-refractivity contribution in [3.63, 3.8) is 0 Å². The lowest BCUT2D eigenvalue weighted by Crippen LogP contribution is -2.29. The summed E-state index contributed by atoms with van der Waals surface area (Å²) in [6.45, 7) is 0. The second kappa shape index (κ2) is 6.59. The Morgan fingerprint density at radius 2 is 1.58 bits per heavy atom. The van der Waals surface area contributed by atoms with Gasteiger partial charge in [0.1, 0.15) is 6.04 Å². The molecule has 0 aliphatic carbocycles. The second-order valence-corrected chi connectivity index (χ2v) is 4.43. The molecule has 1 atom stereocenters. The molecule has 0 saturated carbocycles. The third-order valence-corrected chi connectivity index (χ3v) is 2.98. The zero-order chi connectivity index (χ0) is 13.5. The minimum atomic E-state index is -0.820. The Morgan fingerprint density at radius 1 is 1.00 bits per heavy atom. The molecule has 1 unspecified atom stereocenters. The number of rotatable bonds is 6. The highest BCUT2D eigenvalue weighted by Crippen LogP contribution is 2.12. The number of aryl methyl sites for hydroxylation is 1. The number of benzene rings is 2. The molecule has 2 rings (SSSR count). The zero-order valence-corrected chi connectivity index (χ0v) is 10.6. The molecule has 0 aliphatic heterocycles. The summed E-state index contributed by atoms with van der Waals surface area (Å²) in [6.07, 6.45) is 1.31. The summed E-state index contributed by atoms with van der Waals surface area (Å²) in [5.41, 5.74) is 1.99. The van der Waals surface area contributed by atoms with E-state index in [0.29, 0.717) is 6.42 Å². The average Bonchev–Trinajstić information content (AvgIpc) is 2.45. The third-order valence-electron chi connectivity index (χ3n) is 2.98. The van der Waals surface area contributed by atoms with Crippen molar-refractivity contribution >= 4 is 11.7 Å². The van der Waals surface area contributed by atoms with Gasteiger partial charge in [-0.2, -0.15) is 0 Å². The van der Waals surface area contributed by atoms with Crippen LogP contribution in [0.5, 0.6) is 0 Å². The minimum Gasteiger partial charge on any atom is -0.480 e. The molecule has 2 aromatic rings. The quantitative estimate of drug-likeness (QED) is 0.833. The molecule has 0 bridgehead atoms. The summed E-state index contributed by atoms with van der Waals surface area (Å²) in [4.78, 5) is 11.3. The zero-order valence-electron chi connectivity index (χ0n) is 10.6. The lowest BCUT2D eigenvalue weighted by molar-refractivity contribution is -0.138. The van der Waals surface area contributed by atoms with Crippen LogP contribution in [0, 0.1) is 0 Å². The number of hydrogen-bond acceptors (Lipinski definition) is 2. The number of aliphatic carboxylic acids is 1. The normalized spacial score (nSPS) is 11.8. The smallest absolute Gasteiger partial charge is 0.326 e. The van der Waals surface area contributed by atoms with Crippen LogP contribution in [0.3, 0.4) is 0 Å². The van der Waals surface area contributed by atoms with Gasteiger partial charge in [-0.3, -0.25) is 0 Å². The molecule has 0 spiro atoms. The van der Waals surface area contributed by atoms with Gasteiger partial charge in [-0.25, -0.2) is 4.79 Å². The van der Waals surface area contributed by atoms with Gasteiger partial charge in [0.25, 0.3) is 0 Å². The van der Waals surface area contributed by atoms with E-state index in [4.69, 9.17) is 0 Å². The van der Waals surface area contributed by atoms with Crippen molar-refractivity contribution in [2.45, 2.75) is 18.9 Å². The maximum Gasteiger partial charge on any atom is 0.326 e. The number of para-hydroxylation sites is 1. The molecule has 0 aromatic heterocycles. The number of nitrogens with one attached hydrogen (secondary N) is 1. The minimum absolute atomic E-state index is 0.564. The molecule has 0 heterocycles. The third kappa shape index (κ3) is 4.14. The van der Waals surface area contributed by atoms with Gasteiger partial charge in [-0.1, -0.05) is 48.5 Å². The highest BCUT2D eigenvalue weighted by atomic mass is 16.4. The molecule has 3 heteroatoms. The fourth-order valence-corrected chi connectivity index (χ4v) is 1.95. The van der Waals surface area contributed by atoms with E-state index >= 15 is 0 Å². The number of hydrogen-bond donors (Lipinski definition) is 2. The summed E-state index contributed by atoms with van der Waals surface area (Å²) in [6, 6.07) is 18.8. The molecule has 2 N–H and O–H groups in total. The number of carboxylic acids is 1. The van der Waals surface area contributed by atoms with Crippen LogP contribution in [0.25, 0.3) is 0 Å². The summed E-state index contributed by atoms with van der Waals surface area (Å²) < 4.78 is 0. The first kappa shape index (κ1) is 13.1. The Labute approximate surface area is 112 Å². The van der Waals surface area contributed by atoms with Crippen LogP contribution in [0.2, 0.25) is 0 Å². The topological polar surface area (TPSA) is 49.3 Å². The van der Waals surface area contributed by atoms with Gasteiger partial charge in [0.05, 0.1) is 0 Å². The molecule has 0 aliphatic rings. The van der Waals surface area contributed by atoms with E-state index in [1.54, 1.807) is 0 Å². The van der Waals surface area contributed by atoms with Crippen molar-refractivity contribution in [3.8, 4) is 0 Å². The predicted molar refractivity (Wildman–Crippen MR) is 76.3 cm³/mol. The van der Waals surface area contributed by atoms with Crippen molar-refractivity contribution in [2.75, 3.05) is 5.32 Å². The maximum atomic E-state index is 11.3. The average molecular weight is 255 g/mol. The van der Waals surface area contributed by atoms with Gasteiger partial charge in [0.2, 0.25) is 0 Å². The highest BCUT2D eigenvalue weighted by molar-refractivity contribution is 5.77. The van der Waals surface area contributed by atoms with Crippen LogP contribution < -0.4 is 5.32 Å². The van der Waals surface area contributed by atoms with Crippen molar-refractivity contribution in [1.29, 1.82) is 0 Å². The van der Waals surface area contributed by atoms with Gasteiger partial charge < -0.3 is 10.4 Å². The second-order valence-electron chi connectivity index (χ2n) is 4.43. The van der Waals surface area contributed by atoms with Gasteiger partial charge in [-0.05, 0) is 30.5 Å². The van der Waals surface area contributed by atoms with Crippen LogP contribution in [0.1, 0.15) is 12.0 Å². The van der Waals surface area contributed by atoms with Crippen molar-refractivity contribution in [3.05, 3.63) is 66.2 Å². The van der Waals surface area contributed by atoms with Gasteiger partial charge >= 0.3 is 5.97 Å². The molecule has 0 amide bonds. The van der Waals surface area contributed by atoms with Crippen LogP contribution in [-0.2, 0) is 11.2 Å². The molecule has 2 aromatic carbocycles. The summed E-state index contributed by atoms with van der Waals surface area (Å²) >= 11 is 0. The summed E-state index contributed by atoms with van der Waals surface area (Å²) in [7, 11) is 0. The Morgan fingerprint density at radius 3 is 2.16 bits per heavy atom. The standard InChI is InChI=1S/C16H17NO2/c18-16(19)15(17-14-9-5-2-6-10-14)12-11-13-7-3-1-4-8-13/h1-10,15,17H,11-12H2,(H,18,19). The molecular weight excluding hydrogens is 238 g/mol. The van der Waals surface area contributed by atoms with E-state index in [1.807, 2.05) is 60.7 Å². The summed E-state index contributed by atoms with van der Waals surface area (Å²) in [5, 5.41) is 12.3. The van der Waals surface area contributed by atoms with E-state index in [0.717, 1.165) is 17.7 Å². The molecule has 0 radical (unpaired) electrons. The van der Waals surface area contributed by atoms with Gasteiger partial charge in [0, 0.05) is 5.69 Å². The molecule has 3 nitrogen and oxygen atoms in total. The van der Waals surface area contributed by atoms with Gasteiger partial charge in [0.15, 0.2) is 0 Å². The van der Waals surface area contributed by atoms with Crippen molar-refractivity contribution in [1.82, 2.24) is 0 Å². The highest BCUT2D eigenvalue weighted by Gasteiger charge is 2.16. The Bertz CT molecular complexity index is 511. The number of carbonyl (C=O) groups is 1. The van der Waals surface area contributed by atoms with Crippen LogP contribution in [-0.4, -0.2) is 17.1 Å². The van der Waals surface area contributed by atoms with Crippen molar-refractivity contribution < 1.29 is 9.90 Å². The van der Waals surface area contributed by atoms with Crippen molar-refractivity contribution in [2.24, 2.45) is 0 Å². The lowest BCUT2D eigenvalue weighted by atomic mass is 10.1. The number of anilines is 1. The monoisotopic (exact) mass is 255 g/mol. The van der Waals surface area contributed by atoms with E-state index < -0.39 is 12.0 Å². The van der Waals surface area contributed by atoms with E-state index in [9.17, 15) is 9.90 Å². The fourth-order valence-electron chi connectivity index (χ4n) is 1.95. The lowest BCUT2D eigenvalue weighted by Gasteiger charge is -2.15. The SMILES string of the molecule is O=C(O)C(CCc1ccccc1)Nc1ccccc1. The fraction of sp³-hybridized carbons (Fsp3) is 0.188. The molecule has 98 valence electrons. The van der Waals surface area contributed by atoms with Crippen LogP contribution in [0.15, 0.2) is 60.7 Å². The van der Waals surface area contributed by atoms with Gasteiger partial charge in [-0.15, -0.1) is 0 Å². The largest absolute Gasteiger partial charge is 0.480 e. The maximum absolute atomic E-state index is 11.3. The van der Waals surface area contributed by atoms with E-state index in [-0.39, 0.29) is 0 Å². The first-order chi connectivity index (χ1) is 9.25. The van der Waals surface area contributed by atoms with E-state index in [1.165, 1.54) is 0 Å². The first-order valence-corrected chi connectivity index (χ1v) is 6.34. The number of carboxylic acid groups (broad SMARTS) is 1. The Hall–Kier alpha value is -2.29. The predicted octanol–water partition coefficient (Wildman–Crippen LogP) is 3.18. The molecular formula is C16H17NO2. The van der Waals surface area contributed by atoms with Crippen LogP contribution in [0.4, 0.5) is 5.69 Å². The van der Waals surface area contributed by atoms with E-state index in [2.05, 4.69) is 5.32 Å². The molecule has 19 heavy (non-hydrogen) atoms. The Kier molecular flexibility index (Phi) is 4.56.